The fraction of sp³-hybridized carbons (Fsp3) is 0.429. The van der Waals surface area contributed by atoms with Crippen molar-refractivity contribution in [2.45, 2.75) is 45.4 Å². The largest absolute Gasteiger partial charge is 0.351 e. The molecule has 0 aliphatic heterocycles. The molecule has 0 saturated heterocycles. The highest BCUT2D eigenvalue weighted by atomic mass is 35.5. The highest BCUT2D eigenvalue weighted by molar-refractivity contribution is 7.99. The van der Waals surface area contributed by atoms with Gasteiger partial charge in [0.15, 0.2) is 15.9 Å². The number of halogens is 1. The third kappa shape index (κ3) is 5.58. The molecule has 0 radical (unpaired) electrons. The lowest BCUT2D eigenvalue weighted by Gasteiger charge is -2.15. The Hall–Kier alpha value is -2.10. The summed E-state index contributed by atoms with van der Waals surface area (Å²) < 4.78 is 2.19. The number of carbonyl (C=O) groups excluding carboxylic acids is 1. The number of aromatic nitrogens is 3. The maximum atomic E-state index is 13.1. The summed E-state index contributed by atoms with van der Waals surface area (Å²) in [5.41, 5.74) is 1.30. The zero-order valence-electron chi connectivity index (χ0n) is 18.0. The summed E-state index contributed by atoms with van der Waals surface area (Å²) >= 11 is 8.51. The Balaban J connectivity index is 1.78. The maximum Gasteiger partial charge on any atom is 0.274 e. The number of fused-ring (bicyclic) bond motifs is 1. The van der Waals surface area contributed by atoms with Crippen molar-refractivity contribution in [1.29, 1.82) is 0 Å². The van der Waals surface area contributed by atoms with Crippen LogP contribution in [0.3, 0.4) is 0 Å². The Labute approximate surface area is 194 Å². The number of thioether (sulfide) groups is 1. The molecule has 10 heteroatoms. The van der Waals surface area contributed by atoms with Gasteiger partial charge < -0.3 is 10.2 Å². The Morgan fingerprint density at radius 2 is 1.90 bits per heavy atom. The van der Waals surface area contributed by atoms with Crippen LogP contribution in [0.15, 0.2) is 34.2 Å². The van der Waals surface area contributed by atoms with Gasteiger partial charge in [0.2, 0.25) is 5.91 Å². The van der Waals surface area contributed by atoms with E-state index >= 15 is 0 Å². The Kier molecular flexibility index (Phi) is 7.96. The highest BCUT2D eigenvalue weighted by Crippen LogP contribution is 2.28. The van der Waals surface area contributed by atoms with Crippen molar-refractivity contribution in [1.82, 2.24) is 19.9 Å². The summed E-state index contributed by atoms with van der Waals surface area (Å²) in [4.78, 5) is 36.8. The smallest absolute Gasteiger partial charge is 0.274 e. The summed E-state index contributed by atoms with van der Waals surface area (Å²) in [7, 11) is 0. The Morgan fingerprint density at radius 3 is 2.52 bits per heavy atom. The second kappa shape index (κ2) is 10.5. The molecule has 0 spiro atoms. The van der Waals surface area contributed by atoms with Gasteiger partial charge in [0.05, 0.1) is 5.75 Å². The molecule has 0 unspecified atom stereocenters. The lowest BCUT2D eigenvalue weighted by molar-refractivity contribution is -0.118. The van der Waals surface area contributed by atoms with E-state index in [0.29, 0.717) is 27.1 Å². The van der Waals surface area contributed by atoms with Crippen LogP contribution in [0.1, 0.15) is 39.3 Å². The normalized spacial score (nSPS) is 11.3. The Bertz CT molecular complexity index is 1110. The van der Waals surface area contributed by atoms with E-state index in [0.717, 1.165) is 23.8 Å². The summed E-state index contributed by atoms with van der Waals surface area (Å²) in [6.07, 6.45) is 0. The minimum absolute atomic E-state index is 0.0805. The van der Waals surface area contributed by atoms with Crippen LogP contribution in [0.25, 0.3) is 10.3 Å². The summed E-state index contributed by atoms with van der Waals surface area (Å²) in [5, 5.41) is 4.84. The molecule has 0 bridgehead atoms. The van der Waals surface area contributed by atoms with Crippen molar-refractivity contribution in [2.75, 3.05) is 23.7 Å². The molecule has 7 nitrogen and oxygen atoms in total. The van der Waals surface area contributed by atoms with Crippen molar-refractivity contribution in [3.8, 4) is 0 Å². The van der Waals surface area contributed by atoms with Crippen molar-refractivity contribution in [3.05, 3.63) is 45.2 Å². The van der Waals surface area contributed by atoms with Crippen LogP contribution in [0, 0.1) is 0 Å². The molecule has 0 atom stereocenters. The summed E-state index contributed by atoms with van der Waals surface area (Å²) in [6.45, 7) is 10.0. The van der Waals surface area contributed by atoms with Gasteiger partial charge >= 0.3 is 0 Å². The number of thiazole rings is 1. The van der Waals surface area contributed by atoms with Crippen LogP contribution >= 0.6 is 34.7 Å². The number of nitrogens with one attached hydrogen (secondary N) is 1. The average Bonchev–Trinajstić information content (AvgIpc) is 3.16. The van der Waals surface area contributed by atoms with E-state index in [9.17, 15) is 9.59 Å². The van der Waals surface area contributed by atoms with Crippen molar-refractivity contribution >= 4 is 56.1 Å². The molecule has 0 fully saturated rings. The van der Waals surface area contributed by atoms with Crippen LogP contribution in [0.2, 0.25) is 5.02 Å². The third-order valence-corrected chi connectivity index (χ3v) is 7.00. The number of carbonyl (C=O) groups is 1. The standard InChI is InChI=1S/C21H26ClN5O2S2/c1-5-26(6-2)20-24-18-17(31-20)19(29)27(13(3)4)21(25-18)30-12-16(28)23-11-14-7-9-15(22)10-8-14/h7-10,13H,5-6,11-12H2,1-4H3,(H,23,28). The topological polar surface area (TPSA) is 80.1 Å². The summed E-state index contributed by atoms with van der Waals surface area (Å²) in [5.74, 6) is 0.0254. The second-order valence-electron chi connectivity index (χ2n) is 7.18. The first-order chi connectivity index (χ1) is 14.8. The maximum absolute atomic E-state index is 13.1. The number of rotatable bonds is 9. The van der Waals surface area contributed by atoms with Gasteiger partial charge in [-0.15, -0.1) is 0 Å². The molecular formula is C21H26ClN5O2S2. The van der Waals surface area contributed by atoms with E-state index < -0.39 is 0 Å². The predicted octanol–water partition coefficient (Wildman–Crippen LogP) is 4.34. The fourth-order valence-corrected chi connectivity index (χ4v) is 5.17. The number of anilines is 1. The molecule has 1 N–H and O–H groups in total. The van der Waals surface area contributed by atoms with Gasteiger partial charge in [-0.2, -0.15) is 4.98 Å². The molecule has 3 aromatic rings. The first-order valence-electron chi connectivity index (χ1n) is 10.2. The molecule has 2 heterocycles. The van der Waals surface area contributed by atoms with Gasteiger partial charge in [0.25, 0.3) is 5.56 Å². The zero-order chi connectivity index (χ0) is 22.5. The fourth-order valence-electron chi connectivity index (χ4n) is 3.03. The van der Waals surface area contributed by atoms with Gasteiger partial charge in [-0.3, -0.25) is 14.2 Å². The first kappa shape index (κ1) is 23.6. The molecule has 3 rings (SSSR count). The van der Waals surface area contributed by atoms with Gasteiger partial charge in [0.1, 0.15) is 4.70 Å². The zero-order valence-corrected chi connectivity index (χ0v) is 20.4. The third-order valence-electron chi connectivity index (χ3n) is 4.70. The van der Waals surface area contributed by atoms with Crippen LogP contribution in [0.5, 0.6) is 0 Å². The number of benzene rings is 1. The quantitative estimate of drug-likeness (QED) is 0.363. The minimum Gasteiger partial charge on any atom is -0.351 e. The van der Waals surface area contributed by atoms with Crippen LogP contribution < -0.4 is 15.8 Å². The molecule has 0 aliphatic carbocycles. The summed E-state index contributed by atoms with van der Waals surface area (Å²) in [6, 6.07) is 7.24. The van der Waals surface area contributed by atoms with Gasteiger partial charge in [-0.25, -0.2) is 4.98 Å². The average molecular weight is 480 g/mol. The van der Waals surface area contributed by atoms with Gasteiger partial charge in [-0.1, -0.05) is 46.8 Å². The van der Waals surface area contributed by atoms with E-state index in [1.165, 1.54) is 23.1 Å². The van der Waals surface area contributed by atoms with Crippen molar-refractivity contribution in [3.63, 3.8) is 0 Å². The molecule has 2 aromatic heterocycles. The second-order valence-corrected chi connectivity index (χ2v) is 9.53. The van der Waals surface area contributed by atoms with Crippen LogP contribution in [-0.4, -0.2) is 39.3 Å². The first-order valence-corrected chi connectivity index (χ1v) is 12.3. The van der Waals surface area contributed by atoms with Crippen molar-refractivity contribution in [2.24, 2.45) is 0 Å². The lowest BCUT2D eigenvalue weighted by Crippen LogP contribution is -2.27. The van der Waals surface area contributed by atoms with E-state index in [4.69, 9.17) is 11.6 Å². The molecule has 166 valence electrons. The van der Waals surface area contributed by atoms with E-state index in [1.54, 1.807) is 16.7 Å². The number of amides is 1. The minimum atomic E-state index is -0.133. The number of hydrogen-bond acceptors (Lipinski definition) is 7. The monoisotopic (exact) mass is 479 g/mol. The molecule has 31 heavy (non-hydrogen) atoms. The van der Waals surface area contributed by atoms with Gasteiger partial charge in [0, 0.05) is 30.7 Å². The highest BCUT2D eigenvalue weighted by Gasteiger charge is 2.20. The SMILES string of the molecule is CCN(CC)c1nc2nc(SCC(=O)NCc3ccc(Cl)cc3)n(C(C)C)c(=O)c2s1. The Morgan fingerprint density at radius 1 is 1.23 bits per heavy atom. The van der Waals surface area contributed by atoms with E-state index in [-0.39, 0.29) is 23.3 Å². The number of hydrogen-bond donors (Lipinski definition) is 1. The predicted molar refractivity (Wildman–Crippen MR) is 130 cm³/mol. The van der Waals surface area contributed by atoms with E-state index in [2.05, 4.69) is 34.0 Å². The molecule has 0 saturated carbocycles. The molecule has 1 aromatic carbocycles. The van der Waals surface area contributed by atoms with Crippen molar-refractivity contribution < 1.29 is 4.79 Å². The lowest BCUT2D eigenvalue weighted by atomic mass is 10.2. The van der Waals surface area contributed by atoms with Crippen LogP contribution in [-0.2, 0) is 11.3 Å². The van der Waals surface area contributed by atoms with Crippen LogP contribution in [0.4, 0.5) is 5.13 Å². The molecular weight excluding hydrogens is 454 g/mol. The molecule has 1 amide bonds. The van der Waals surface area contributed by atoms with E-state index in [1.807, 2.05) is 26.0 Å². The number of nitrogens with zero attached hydrogens (tertiary/aromatic N) is 4. The molecule has 0 aliphatic rings. The van der Waals surface area contributed by atoms with Gasteiger partial charge in [-0.05, 0) is 45.4 Å².